The summed E-state index contributed by atoms with van der Waals surface area (Å²) in [6.07, 6.45) is 2.58. The van der Waals surface area contributed by atoms with Crippen LogP contribution in [0.1, 0.15) is 16.7 Å². The van der Waals surface area contributed by atoms with E-state index in [9.17, 15) is 5.11 Å². The van der Waals surface area contributed by atoms with Crippen molar-refractivity contribution < 1.29 is 19.3 Å². The van der Waals surface area contributed by atoms with E-state index in [1.54, 1.807) is 7.11 Å². The van der Waals surface area contributed by atoms with Crippen molar-refractivity contribution in [1.29, 1.82) is 0 Å². The van der Waals surface area contributed by atoms with E-state index in [0.29, 0.717) is 0 Å². The minimum atomic E-state index is -0.467. The molecule has 1 heterocycles. The first kappa shape index (κ1) is 19.0. The van der Waals surface area contributed by atoms with Gasteiger partial charge in [0.2, 0.25) is 0 Å². The topological polar surface area (TPSA) is 47.9 Å². The van der Waals surface area contributed by atoms with Crippen LogP contribution >= 0.6 is 0 Å². The Bertz CT molecular complexity index is 838. The fourth-order valence-electron chi connectivity index (χ4n) is 2.98. The SMILES string of the molecule is COc1ccc(C#C[C@@H]2C=C[C@H](Oc3cc(C)cc(C)c3)[C@@H](CO)O2)cc1. The number of benzene rings is 2. The molecule has 4 nitrogen and oxygen atoms in total. The fourth-order valence-corrected chi connectivity index (χ4v) is 2.98. The van der Waals surface area contributed by atoms with Gasteiger partial charge in [-0.15, -0.1) is 0 Å². The molecule has 2 aromatic rings. The van der Waals surface area contributed by atoms with Crippen molar-refractivity contribution in [3.8, 4) is 23.3 Å². The first-order chi connectivity index (χ1) is 13.1. The molecule has 0 aliphatic carbocycles. The summed E-state index contributed by atoms with van der Waals surface area (Å²) < 4.78 is 17.1. The third-order valence-corrected chi connectivity index (χ3v) is 4.26. The molecule has 0 unspecified atom stereocenters. The van der Waals surface area contributed by atoms with Gasteiger partial charge in [0.15, 0.2) is 0 Å². The maximum atomic E-state index is 9.71. The standard InChI is InChI=1S/C23H24O4/c1-16-12-17(2)14-21(13-16)27-22-11-10-20(26-23(22)15-24)9-6-18-4-7-19(25-3)8-5-18/h4-5,7-8,10-14,20,22-24H,15H2,1-3H3/t20-,22+,23-/m1/s1. The van der Waals surface area contributed by atoms with E-state index in [2.05, 4.69) is 17.9 Å². The Balaban J connectivity index is 1.69. The van der Waals surface area contributed by atoms with Gasteiger partial charge in [-0.2, -0.15) is 0 Å². The van der Waals surface area contributed by atoms with Crippen LogP contribution in [0.4, 0.5) is 0 Å². The molecule has 3 atom stereocenters. The lowest BCUT2D eigenvalue weighted by atomic mass is 10.1. The van der Waals surface area contributed by atoms with Gasteiger partial charge in [-0.25, -0.2) is 0 Å². The summed E-state index contributed by atoms with van der Waals surface area (Å²) in [5.41, 5.74) is 3.14. The van der Waals surface area contributed by atoms with Gasteiger partial charge in [-0.05, 0) is 73.5 Å². The van der Waals surface area contributed by atoms with Gasteiger partial charge in [0.25, 0.3) is 0 Å². The van der Waals surface area contributed by atoms with Gasteiger partial charge in [0, 0.05) is 5.56 Å². The number of ether oxygens (including phenoxy) is 3. The summed E-state index contributed by atoms with van der Waals surface area (Å²) >= 11 is 0. The van der Waals surface area contributed by atoms with Gasteiger partial charge >= 0.3 is 0 Å². The number of rotatable bonds is 4. The lowest BCUT2D eigenvalue weighted by Gasteiger charge is -2.29. The fraction of sp³-hybridized carbons (Fsp3) is 0.304. The molecule has 0 spiro atoms. The second kappa shape index (κ2) is 8.77. The number of aliphatic hydroxyl groups is 1. The Kier molecular flexibility index (Phi) is 6.18. The van der Waals surface area contributed by atoms with Crippen LogP contribution in [0.3, 0.4) is 0 Å². The largest absolute Gasteiger partial charge is 0.497 e. The summed E-state index contributed by atoms with van der Waals surface area (Å²) in [6, 6.07) is 13.6. The van der Waals surface area contributed by atoms with Crippen molar-refractivity contribution in [2.45, 2.75) is 32.2 Å². The van der Waals surface area contributed by atoms with Gasteiger partial charge in [-0.3, -0.25) is 0 Å². The predicted molar refractivity (Wildman–Crippen MR) is 105 cm³/mol. The van der Waals surface area contributed by atoms with Crippen molar-refractivity contribution >= 4 is 0 Å². The molecule has 0 saturated carbocycles. The molecule has 1 aliphatic heterocycles. The van der Waals surface area contributed by atoms with Gasteiger partial charge in [-0.1, -0.05) is 17.9 Å². The van der Waals surface area contributed by atoms with Crippen molar-refractivity contribution in [3.63, 3.8) is 0 Å². The average molecular weight is 364 g/mol. The van der Waals surface area contributed by atoms with Crippen molar-refractivity contribution in [3.05, 3.63) is 71.3 Å². The number of aliphatic hydroxyl groups excluding tert-OH is 1. The quantitative estimate of drug-likeness (QED) is 0.667. The molecule has 0 radical (unpaired) electrons. The Labute approximate surface area is 160 Å². The first-order valence-corrected chi connectivity index (χ1v) is 8.92. The number of aryl methyl sites for hydroxylation is 2. The molecule has 1 aliphatic rings. The van der Waals surface area contributed by atoms with Crippen LogP contribution in [0.5, 0.6) is 11.5 Å². The number of methoxy groups -OCH3 is 1. The Morgan fingerprint density at radius 1 is 1.00 bits per heavy atom. The molecule has 27 heavy (non-hydrogen) atoms. The molecule has 0 bridgehead atoms. The predicted octanol–water partition coefficient (Wildman–Crippen LogP) is 3.43. The minimum Gasteiger partial charge on any atom is -0.497 e. The smallest absolute Gasteiger partial charge is 0.145 e. The van der Waals surface area contributed by atoms with Crippen LogP contribution in [-0.4, -0.2) is 37.1 Å². The highest BCUT2D eigenvalue weighted by molar-refractivity contribution is 5.39. The minimum absolute atomic E-state index is 0.138. The lowest BCUT2D eigenvalue weighted by molar-refractivity contribution is -0.0549. The van der Waals surface area contributed by atoms with Crippen LogP contribution in [0.15, 0.2) is 54.6 Å². The van der Waals surface area contributed by atoms with E-state index in [0.717, 1.165) is 28.2 Å². The zero-order chi connectivity index (χ0) is 19.2. The molecule has 3 rings (SSSR count). The van der Waals surface area contributed by atoms with E-state index < -0.39 is 6.10 Å². The Morgan fingerprint density at radius 3 is 2.33 bits per heavy atom. The molecule has 140 valence electrons. The number of hydrogen-bond donors (Lipinski definition) is 1. The zero-order valence-electron chi connectivity index (χ0n) is 15.8. The normalized spacial score (nSPS) is 21.3. The van der Waals surface area contributed by atoms with Gasteiger partial charge in [0.05, 0.1) is 13.7 Å². The summed E-state index contributed by atoms with van der Waals surface area (Å²) in [4.78, 5) is 0. The summed E-state index contributed by atoms with van der Waals surface area (Å²) in [5.74, 6) is 7.72. The summed E-state index contributed by atoms with van der Waals surface area (Å²) in [6.45, 7) is 3.92. The van der Waals surface area contributed by atoms with Crippen LogP contribution in [0.25, 0.3) is 0 Å². The monoisotopic (exact) mass is 364 g/mol. The van der Waals surface area contributed by atoms with E-state index in [1.807, 2.05) is 62.4 Å². The summed E-state index contributed by atoms with van der Waals surface area (Å²) in [7, 11) is 1.63. The van der Waals surface area contributed by atoms with Gasteiger partial charge < -0.3 is 19.3 Å². The maximum Gasteiger partial charge on any atom is 0.145 e. The van der Waals surface area contributed by atoms with Gasteiger partial charge in [0.1, 0.15) is 29.8 Å². The second-order valence-corrected chi connectivity index (χ2v) is 6.57. The maximum absolute atomic E-state index is 9.71. The second-order valence-electron chi connectivity index (χ2n) is 6.57. The average Bonchev–Trinajstić information content (AvgIpc) is 2.66. The highest BCUT2D eigenvalue weighted by atomic mass is 16.6. The molecule has 2 aromatic carbocycles. The summed E-state index contributed by atoms with van der Waals surface area (Å²) in [5, 5.41) is 9.71. The van der Waals surface area contributed by atoms with Crippen LogP contribution in [-0.2, 0) is 4.74 Å². The first-order valence-electron chi connectivity index (χ1n) is 8.92. The molecule has 0 amide bonds. The Morgan fingerprint density at radius 2 is 1.70 bits per heavy atom. The molecule has 0 aromatic heterocycles. The molecule has 1 N–H and O–H groups in total. The third kappa shape index (κ3) is 5.13. The highest BCUT2D eigenvalue weighted by Crippen LogP contribution is 2.22. The van der Waals surface area contributed by atoms with Crippen molar-refractivity contribution in [2.75, 3.05) is 13.7 Å². The van der Waals surface area contributed by atoms with E-state index in [-0.39, 0.29) is 18.8 Å². The van der Waals surface area contributed by atoms with Crippen molar-refractivity contribution in [2.24, 2.45) is 0 Å². The molecule has 0 saturated heterocycles. The highest BCUT2D eigenvalue weighted by Gasteiger charge is 2.27. The van der Waals surface area contributed by atoms with Crippen molar-refractivity contribution in [1.82, 2.24) is 0 Å². The Hall–Kier alpha value is -2.74. The van der Waals surface area contributed by atoms with Crippen LogP contribution < -0.4 is 9.47 Å². The van der Waals surface area contributed by atoms with Crippen LogP contribution in [0, 0.1) is 25.7 Å². The molecular weight excluding hydrogens is 340 g/mol. The molecule has 4 heteroatoms. The molecule has 0 fully saturated rings. The number of hydrogen-bond acceptors (Lipinski definition) is 4. The zero-order valence-corrected chi connectivity index (χ0v) is 15.8. The van der Waals surface area contributed by atoms with E-state index in [1.165, 1.54) is 0 Å². The van der Waals surface area contributed by atoms with E-state index in [4.69, 9.17) is 14.2 Å². The molecular formula is C23H24O4. The van der Waals surface area contributed by atoms with Crippen LogP contribution in [0.2, 0.25) is 0 Å². The lowest BCUT2D eigenvalue weighted by Crippen LogP contribution is -2.41. The third-order valence-electron chi connectivity index (χ3n) is 4.26. The van der Waals surface area contributed by atoms with E-state index >= 15 is 0 Å².